The lowest BCUT2D eigenvalue weighted by molar-refractivity contribution is -0.117. The highest BCUT2D eigenvalue weighted by Crippen LogP contribution is 2.12. The molecule has 0 aromatic heterocycles. The first-order chi connectivity index (χ1) is 6.72. The number of unbranched alkanes of at least 4 members (excludes halogenated alkanes) is 5. The van der Waals surface area contributed by atoms with Gasteiger partial charge in [-0.3, -0.25) is 4.79 Å². The van der Waals surface area contributed by atoms with Crippen LogP contribution >= 0.6 is 0 Å². The number of hydrogen-bond donors (Lipinski definition) is 0. The van der Waals surface area contributed by atoms with Crippen LogP contribution in [0.15, 0.2) is 12.7 Å². The van der Waals surface area contributed by atoms with Crippen molar-refractivity contribution in [2.24, 2.45) is 5.92 Å². The van der Waals surface area contributed by atoms with Gasteiger partial charge in [0, 0.05) is 5.92 Å². The molecule has 1 heteroatoms. The maximum atomic E-state index is 11.2. The topological polar surface area (TPSA) is 17.1 Å². The summed E-state index contributed by atoms with van der Waals surface area (Å²) < 4.78 is 0. The molecule has 0 aliphatic rings. The van der Waals surface area contributed by atoms with Crippen molar-refractivity contribution >= 4 is 5.78 Å². The van der Waals surface area contributed by atoms with Gasteiger partial charge in [-0.1, -0.05) is 59.0 Å². The summed E-state index contributed by atoms with van der Waals surface area (Å²) in [6.07, 6.45) is 10.2. The molecule has 0 saturated heterocycles. The van der Waals surface area contributed by atoms with Gasteiger partial charge in [0.05, 0.1) is 0 Å². The molecule has 0 rings (SSSR count). The highest BCUT2D eigenvalue weighted by atomic mass is 16.1. The standard InChI is InChI=1S/C13H24O/c1-4-6-7-8-9-10-11-12(3)13(14)5-2/h5,12H,2,4,6-11H2,1,3H3. The van der Waals surface area contributed by atoms with Crippen molar-refractivity contribution in [3.63, 3.8) is 0 Å². The fourth-order valence-corrected chi connectivity index (χ4v) is 1.57. The Morgan fingerprint density at radius 2 is 1.79 bits per heavy atom. The predicted octanol–water partition coefficient (Wildman–Crippen LogP) is 4.13. The Morgan fingerprint density at radius 1 is 1.21 bits per heavy atom. The molecule has 0 aliphatic heterocycles. The van der Waals surface area contributed by atoms with Crippen molar-refractivity contribution in [2.45, 2.75) is 58.8 Å². The minimum Gasteiger partial charge on any atom is -0.295 e. The fourth-order valence-electron chi connectivity index (χ4n) is 1.57. The SMILES string of the molecule is C=CC(=O)C(C)CCCCCCCC. The number of allylic oxidation sites excluding steroid dienone is 1. The highest BCUT2D eigenvalue weighted by Gasteiger charge is 2.07. The third-order valence-electron chi connectivity index (χ3n) is 2.68. The first-order valence-corrected chi connectivity index (χ1v) is 5.88. The number of ketones is 1. The quantitative estimate of drug-likeness (QED) is 0.400. The van der Waals surface area contributed by atoms with E-state index in [1.165, 1.54) is 44.6 Å². The minimum atomic E-state index is 0.179. The molecule has 0 aliphatic carbocycles. The lowest BCUT2D eigenvalue weighted by Gasteiger charge is -2.06. The number of hydrogen-bond acceptors (Lipinski definition) is 1. The molecule has 14 heavy (non-hydrogen) atoms. The molecule has 1 unspecified atom stereocenters. The maximum absolute atomic E-state index is 11.2. The molecular weight excluding hydrogens is 172 g/mol. The van der Waals surface area contributed by atoms with Crippen molar-refractivity contribution in [3.05, 3.63) is 12.7 Å². The van der Waals surface area contributed by atoms with Crippen molar-refractivity contribution in [2.75, 3.05) is 0 Å². The average molecular weight is 196 g/mol. The van der Waals surface area contributed by atoms with E-state index in [-0.39, 0.29) is 11.7 Å². The third kappa shape index (κ3) is 6.88. The average Bonchev–Trinajstić information content (AvgIpc) is 2.21. The van der Waals surface area contributed by atoms with Crippen LogP contribution < -0.4 is 0 Å². The summed E-state index contributed by atoms with van der Waals surface area (Å²) in [6.45, 7) is 7.72. The van der Waals surface area contributed by atoms with Crippen molar-refractivity contribution in [1.29, 1.82) is 0 Å². The normalized spacial score (nSPS) is 12.4. The second kappa shape index (κ2) is 8.98. The lowest BCUT2D eigenvalue weighted by Crippen LogP contribution is -2.06. The molecule has 0 saturated carbocycles. The Hall–Kier alpha value is -0.590. The summed E-state index contributed by atoms with van der Waals surface area (Å²) in [5, 5.41) is 0. The summed E-state index contributed by atoms with van der Waals surface area (Å²) in [5.74, 6) is 0.372. The zero-order valence-electron chi connectivity index (χ0n) is 9.72. The zero-order chi connectivity index (χ0) is 10.8. The molecule has 0 aromatic rings. The molecule has 82 valence electrons. The van der Waals surface area contributed by atoms with Crippen LogP contribution in [0.5, 0.6) is 0 Å². The van der Waals surface area contributed by atoms with E-state index >= 15 is 0 Å². The van der Waals surface area contributed by atoms with E-state index in [1.54, 1.807) is 0 Å². The van der Waals surface area contributed by atoms with Crippen LogP contribution in [-0.4, -0.2) is 5.78 Å². The Morgan fingerprint density at radius 3 is 2.36 bits per heavy atom. The molecule has 0 heterocycles. The molecule has 0 fully saturated rings. The van der Waals surface area contributed by atoms with E-state index in [0.29, 0.717) is 0 Å². The van der Waals surface area contributed by atoms with Crippen molar-refractivity contribution in [3.8, 4) is 0 Å². The molecular formula is C13H24O. The zero-order valence-corrected chi connectivity index (χ0v) is 9.72. The van der Waals surface area contributed by atoms with Crippen LogP contribution in [0.2, 0.25) is 0 Å². The van der Waals surface area contributed by atoms with Gasteiger partial charge in [-0.25, -0.2) is 0 Å². The fraction of sp³-hybridized carbons (Fsp3) is 0.769. The van der Waals surface area contributed by atoms with Crippen LogP contribution in [0.1, 0.15) is 58.8 Å². The second-order valence-corrected chi connectivity index (χ2v) is 4.06. The van der Waals surface area contributed by atoms with Gasteiger partial charge in [0.25, 0.3) is 0 Å². The molecule has 0 aromatic carbocycles. The predicted molar refractivity (Wildman–Crippen MR) is 62.4 cm³/mol. The van der Waals surface area contributed by atoms with E-state index < -0.39 is 0 Å². The van der Waals surface area contributed by atoms with Crippen LogP contribution in [0.3, 0.4) is 0 Å². The van der Waals surface area contributed by atoms with E-state index in [0.717, 1.165) is 6.42 Å². The van der Waals surface area contributed by atoms with E-state index in [4.69, 9.17) is 0 Å². The maximum Gasteiger partial charge on any atom is 0.157 e. The summed E-state index contributed by atoms with van der Waals surface area (Å²) in [4.78, 5) is 11.2. The van der Waals surface area contributed by atoms with Crippen LogP contribution in [0.25, 0.3) is 0 Å². The Balaban J connectivity index is 3.27. The third-order valence-corrected chi connectivity index (χ3v) is 2.68. The number of carbonyl (C=O) groups excluding carboxylic acids is 1. The van der Waals surface area contributed by atoms with Gasteiger partial charge in [0.1, 0.15) is 0 Å². The van der Waals surface area contributed by atoms with E-state index in [1.807, 2.05) is 6.92 Å². The summed E-state index contributed by atoms with van der Waals surface area (Å²) in [7, 11) is 0. The van der Waals surface area contributed by atoms with E-state index in [2.05, 4.69) is 13.5 Å². The lowest BCUT2D eigenvalue weighted by atomic mass is 9.98. The highest BCUT2D eigenvalue weighted by molar-refractivity contribution is 5.90. The molecule has 0 amide bonds. The van der Waals surface area contributed by atoms with Crippen LogP contribution in [-0.2, 0) is 4.79 Å². The largest absolute Gasteiger partial charge is 0.295 e. The second-order valence-electron chi connectivity index (χ2n) is 4.06. The van der Waals surface area contributed by atoms with E-state index in [9.17, 15) is 4.79 Å². The van der Waals surface area contributed by atoms with Gasteiger partial charge in [0.15, 0.2) is 5.78 Å². The van der Waals surface area contributed by atoms with Crippen LogP contribution in [0, 0.1) is 5.92 Å². The minimum absolute atomic E-state index is 0.179. The van der Waals surface area contributed by atoms with Gasteiger partial charge < -0.3 is 0 Å². The molecule has 1 atom stereocenters. The van der Waals surface area contributed by atoms with Gasteiger partial charge in [-0.05, 0) is 12.5 Å². The number of rotatable bonds is 9. The first kappa shape index (κ1) is 13.4. The Kier molecular flexibility index (Phi) is 8.61. The van der Waals surface area contributed by atoms with Crippen LogP contribution in [0.4, 0.5) is 0 Å². The molecule has 1 nitrogen and oxygen atoms in total. The molecule has 0 radical (unpaired) electrons. The molecule has 0 N–H and O–H groups in total. The smallest absolute Gasteiger partial charge is 0.157 e. The Labute approximate surface area is 88.6 Å². The van der Waals surface area contributed by atoms with Gasteiger partial charge >= 0.3 is 0 Å². The first-order valence-electron chi connectivity index (χ1n) is 5.88. The van der Waals surface area contributed by atoms with Crippen molar-refractivity contribution < 1.29 is 4.79 Å². The van der Waals surface area contributed by atoms with Gasteiger partial charge in [-0.2, -0.15) is 0 Å². The molecule has 0 bridgehead atoms. The monoisotopic (exact) mass is 196 g/mol. The van der Waals surface area contributed by atoms with Gasteiger partial charge in [-0.15, -0.1) is 0 Å². The van der Waals surface area contributed by atoms with Crippen molar-refractivity contribution in [1.82, 2.24) is 0 Å². The summed E-state index contributed by atoms with van der Waals surface area (Å²) >= 11 is 0. The molecule has 0 spiro atoms. The summed E-state index contributed by atoms with van der Waals surface area (Å²) in [5.41, 5.74) is 0. The Bertz CT molecular complexity index is 161. The number of carbonyl (C=O) groups is 1. The van der Waals surface area contributed by atoms with Gasteiger partial charge in [0.2, 0.25) is 0 Å². The summed E-state index contributed by atoms with van der Waals surface area (Å²) in [6, 6.07) is 0.